The Morgan fingerprint density at radius 1 is 1.04 bits per heavy atom. The topological polar surface area (TPSA) is 253 Å². The fourth-order valence-electron chi connectivity index (χ4n) is 4.64. The highest BCUT2D eigenvalue weighted by Crippen LogP contribution is 2.52. The van der Waals surface area contributed by atoms with Crippen LogP contribution in [0.25, 0.3) is 22.8 Å². The number of phenols is 5. The molecule has 2 aromatic carbocycles. The molecule has 16 nitrogen and oxygen atoms in total. The number of aromatic hydroxyl groups is 5. The molecule has 0 saturated carbocycles. The normalized spacial score (nSPS) is 11.6. The molecule has 45 heavy (non-hydrogen) atoms. The number of benzene rings is 2. The number of carbonyl (C=O) groups is 1. The Hall–Kier alpha value is -6.63. The maximum Gasteiger partial charge on any atom is 0.267 e. The number of nitrogens with zero attached hydrogens (tertiary/aromatic N) is 6. The second-order valence-electron chi connectivity index (χ2n) is 9.59. The van der Waals surface area contributed by atoms with Crippen LogP contribution in [0.2, 0.25) is 0 Å². The third-order valence-corrected chi connectivity index (χ3v) is 6.82. The predicted molar refractivity (Wildman–Crippen MR) is 163 cm³/mol. The van der Waals surface area contributed by atoms with Crippen LogP contribution in [0, 0.1) is 11.8 Å². The van der Waals surface area contributed by atoms with Gasteiger partial charge in [0.15, 0.2) is 17.3 Å². The number of nitrogen functional groups attached to an aromatic ring is 1. The minimum atomic E-state index is -1.12. The smallest absolute Gasteiger partial charge is 0.267 e. The van der Waals surface area contributed by atoms with Crippen molar-refractivity contribution in [3.63, 3.8) is 0 Å². The number of carbonyl (C=O) groups excluding carboxylic acids is 1. The van der Waals surface area contributed by atoms with Crippen LogP contribution in [0.5, 0.6) is 28.7 Å². The van der Waals surface area contributed by atoms with Gasteiger partial charge in [-0.2, -0.15) is 5.10 Å². The number of hydrogen-bond acceptors (Lipinski definition) is 12. The Morgan fingerprint density at radius 2 is 1.73 bits per heavy atom. The number of aromatic nitrogens is 6. The van der Waals surface area contributed by atoms with Gasteiger partial charge in [0.25, 0.3) is 11.5 Å². The molecule has 0 fully saturated rings. The molecule has 3 aromatic heterocycles. The summed E-state index contributed by atoms with van der Waals surface area (Å²) in [4.78, 5) is 29.0. The lowest BCUT2D eigenvalue weighted by atomic mass is 10.1. The van der Waals surface area contributed by atoms with E-state index in [0.717, 1.165) is 4.57 Å². The Labute approximate surface area is 253 Å². The summed E-state index contributed by atoms with van der Waals surface area (Å²) in [7, 11) is 1.73. The lowest BCUT2D eigenvalue weighted by molar-refractivity contribution is 0.100. The van der Waals surface area contributed by atoms with Crippen molar-refractivity contribution >= 4 is 34.6 Å². The Bertz CT molecular complexity index is 2120. The van der Waals surface area contributed by atoms with E-state index in [-0.39, 0.29) is 29.0 Å². The molecule has 5 aromatic rings. The van der Waals surface area contributed by atoms with Gasteiger partial charge in [0.2, 0.25) is 17.2 Å². The summed E-state index contributed by atoms with van der Waals surface area (Å²) in [5, 5.41) is 61.4. The highest BCUT2D eigenvalue weighted by Gasteiger charge is 2.27. The van der Waals surface area contributed by atoms with Gasteiger partial charge in [0, 0.05) is 31.8 Å². The summed E-state index contributed by atoms with van der Waals surface area (Å²) >= 11 is 0. The van der Waals surface area contributed by atoms with Gasteiger partial charge < -0.3 is 42.3 Å². The van der Waals surface area contributed by atoms with Crippen LogP contribution in [-0.4, -0.2) is 67.1 Å². The summed E-state index contributed by atoms with van der Waals surface area (Å²) in [6.45, 7) is 2.34. The highest BCUT2D eigenvalue weighted by molar-refractivity contribution is 6.02. The Morgan fingerprint density at radius 3 is 2.36 bits per heavy atom. The maximum absolute atomic E-state index is 13.6. The lowest BCUT2D eigenvalue weighted by Crippen LogP contribution is -2.24. The summed E-state index contributed by atoms with van der Waals surface area (Å²) in [6, 6.07) is 6.65. The van der Waals surface area contributed by atoms with E-state index >= 15 is 0 Å². The van der Waals surface area contributed by atoms with Gasteiger partial charge in [0.1, 0.15) is 28.6 Å². The zero-order valence-corrected chi connectivity index (χ0v) is 23.8. The molecule has 0 aliphatic carbocycles. The minimum Gasteiger partial charge on any atom is -0.503 e. The largest absolute Gasteiger partial charge is 0.503 e. The van der Waals surface area contributed by atoms with Gasteiger partial charge in [0.05, 0.1) is 17.1 Å². The molecule has 4 heterocycles. The molecule has 0 radical (unpaired) electrons. The van der Waals surface area contributed by atoms with Crippen LogP contribution in [0.3, 0.4) is 0 Å². The third kappa shape index (κ3) is 5.14. The molecule has 6 rings (SSSR count). The highest BCUT2D eigenvalue weighted by atomic mass is 16.4. The molecule has 10 N–H and O–H groups in total. The molecule has 1 amide bonds. The third-order valence-electron chi connectivity index (χ3n) is 6.82. The van der Waals surface area contributed by atoms with E-state index in [9.17, 15) is 35.1 Å². The van der Waals surface area contributed by atoms with Crippen molar-refractivity contribution in [1.82, 2.24) is 29.1 Å². The number of nitrogens with two attached hydrogens (primary N) is 2. The monoisotopic (exact) mass is 613 g/mol. The summed E-state index contributed by atoms with van der Waals surface area (Å²) in [5.41, 5.74) is 10.9. The van der Waals surface area contributed by atoms with Crippen LogP contribution in [0.15, 0.2) is 41.3 Å². The van der Waals surface area contributed by atoms with Gasteiger partial charge in [-0.05, 0) is 30.2 Å². The van der Waals surface area contributed by atoms with Crippen molar-refractivity contribution in [3.8, 4) is 46.3 Å². The second-order valence-corrected chi connectivity index (χ2v) is 9.59. The molecule has 0 unspecified atom stereocenters. The molecular formula is C29H27N9O7. The zero-order valence-electron chi connectivity index (χ0n) is 23.8. The number of hydrogen-bond donors (Lipinski definition) is 8. The number of aryl methyl sites for hydroxylation is 2. The standard InChI is InChI=1S/C22H18N4O6.C7H9N5O/c1-3-14-24-13-6-4-5-11(7-8-12-9-10-23-25(12)2)15(13)22(32)26(14)16-17(27)19(29)21(31)20(30)18(16)28;8-5-4(6(9)13)7-10-2-1-3-12(7)11-5/h4-6,9-10,27-31H,3H2,1-2H3;1,3,10H,2H2,(H2,8,11)(H2,9,13). The van der Waals surface area contributed by atoms with E-state index in [1.54, 1.807) is 55.3 Å². The molecule has 0 bridgehead atoms. The number of nitrogens with one attached hydrogen (secondary N) is 1. The van der Waals surface area contributed by atoms with E-state index in [1.165, 1.54) is 4.68 Å². The average molecular weight is 614 g/mol. The minimum absolute atomic E-state index is 0.102. The fraction of sp³-hybridized carbons (Fsp3) is 0.138. The second kappa shape index (κ2) is 11.6. The molecule has 0 spiro atoms. The van der Waals surface area contributed by atoms with E-state index < -0.39 is 45.9 Å². The van der Waals surface area contributed by atoms with Gasteiger partial charge in [-0.3, -0.25) is 18.8 Å². The Kier molecular flexibility index (Phi) is 7.67. The van der Waals surface area contributed by atoms with Gasteiger partial charge in [-0.15, -0.1) is 5.10 Å². The number of phenolic OH excluding ortho intramolecular Hbond substituents is 5. The van der Waals surface area contributed by atoms with Gasteiger partial charge in [-0.25, -0.2) is 9.67 Å². The van der Waals surface area contributed by atoms with Crippen LogP contribution < -0.4 is 22.3 Å². The number of anilines is 2. The van der Waals surface area contributed by atoms with E-state index in [0.29, 0.717) is 29.1 Å². The van der Waals surface area contributed by atoms with E-state index in [4.69, 9.17) is 11.5 Å². The fourth-order valence-corrected chi connectivity index (χ4v) is 4.64. The average Bonchev–Trinajstić information content (AvgIpc) is 3.60. The molecule has 0 atom stereocenters. The summed E-state index contributed by atoms with van der Waals surface area (Å²) < 4.78 is 3.95. The van der Waals surface area contributed by atoms with Crippen molar-refractivity contribution in [1.29, 1.82) is 0 Å². The molecule has 1 aliphatic rings. The number of amides is 1. The number of rotatable bonds is 3. The van der Waals surface area contributed by atoms with Gasteiger partial charge >= 0.3 is 0 Å². The van der Waals surface area contributed by atoms with Crippen molar-refractivity contribution < 1.29 is 30.3 Å². The summed E-state index contributed by atoms with van der Waals surface area (Å²) in [6.07, 6.45) is 5.39. The molecule has 16 heteroatoms. The van der Waals surface area contributed by atoms with Crippen LogP contribution in [0.4, 0.5) is 11.6 Å². The first-order chi connectivity index (χ1) is 21.5. The van der Waals surface area contributed by atoms with Crippen LogP contribution in [0.1, 0.15) is 34.4 Å². The van der Waals surface area contributed by atoms with E-state index in [2.05, 4.69) is 32.3 Å². The maximum atomic E-state index is 13.6. The summed E-state index contributed by atoms with van der Waals surface area (Å²) in [5.74, 6) is 0.850. The van der Waals surface area contributed by atoms with Gasteiger partial charge in [-0.1, -0.05) is 18.9 Å². The van der Waals surface area contributed by atoms with Crippen molar-refractivity contribution in [2.24, 2.45) is 12.8 Å². The van der Waals surface area contributed by atoms with E-state index in [1.807, 2.05) is 6.08 Å². The van der Waals surface area contributed by atoms with Crippen molar-refractivity contribution in [3.05, 3.63) is 69.5 Å². The molecular weight excluding hydrogens is 586 g/mol. The first-order valence-corrected chi connectivity index (χ1v) is 13.3. The quantitative estimate of drug-likeness (QED) is 0.0808. The molecule has 1 aliphatic heterocycles. The Balaban J connectivity index is 0.000000256. The van der Waals surface area contributed by atoms with Crippen molar-refractivity contribution in [2.45, 2.75) is 13.3 Å². The van der Waals surface area contributed by atoms with Crippen LogP contribution >= 0.6 is 0 Å². The molecule has 0 saturated heterocycles. The molecule has 230 valence electrons. The number of fused-ring (bicyclic) bond motifs is 2. The lowest BCUT2D eigenvalue weighted by Gasteiger charge is -2.17. The first kappa shape index (κ1) is 29.8. The number of primary amides is 1. The predicted octanol–water partition coefficient (Wildman–Crippen LogP) is 1.07. The van der Waals surface area contributed by atoms with Crippen LogP contribution in [-0.2, 0) is 13.5 Å². The van der Waals surface area contributed by atoms with Crippen molar-refractivity contribution in [2.75, 3.05) is 17.6 Å². The zero-order chi connectivity index (χ0) is 32.6. The first-order valence-electron chi connectivity index (χ1n) is 13.3. The SMILES string of the molecule is CCc1nc2cccc(C#Cc3ccnn3C)c2c(=O)n1-c1c(O)c(O)c(O)c(O)c1O.NC(=O)c1c(N)nn2c1NCC=C2.